The second-order valence-electron chi connectivity index (χ2n) is 8.75. The number of aryl methyl sites for hydroxylation is 2. The van der Waals surface area contributed by atoms with Crippen LogP contribution in [0.1, 0.15) is 40.3 Å². The standard InChI is InChI=1S/C28H31N3O2/c1-20-10-15-25(21(2)16-20)26-17-27(23-11-13-24(33-4)14-12-23)31(29-26)28(32)19-30(3)18-22-8-6-5-7-9-22/h5-16,27H,17-19H2,1-4H3/t27-/m1/s1. The van der Waals surface area contributed by atoms with E-state index in [-0.39, 0.29) is 11.9 Å². The zero-order chi connectivity index (χ0) is 23.4. The number of rotatable bonds is 7. The number of benzene rings is 3. The van der Waals surface area contributed by atoms with Gasteiger partial charge in [0.05, 0.1) is 25.4 Å². The number of hydrogen-bond donors (Lipinski definition) is 0. The van der Waals surface area contributed by atoms with Crippen molar-refractivity contribution < 1.29 is 9.53 Å². The maximum atomic E-state index is 13.4. The van der Waals surface area contributed by atoms with Gasteiger partial charge in [0, 0.05) is 18.5 Å². The molecule has 5 nitrogen and oxygen atoms in total. The molecule has 0 radical (unpaired) electrons. The Morgan fingerprint density at radius 1 is 1.06 bits per heavy atom. The average Bonchev–Trinajstić information content (AvgIpc) is 3.25. The van der Waals surface area contributed by atoms with Gasteiger partial charge in [0.25, 0.3) is 5.91 Å². The van der Waals surface area contributed by atoms with E-state index in [0.717, 1.165) is 22.6 Å². The van der Waals surface area contributed by atoms with Crippen LogP contribution >= 0.6 is 0 Å². The van der Waals surface area contributed by atoms with E-state index < -0.39 is 0 Å². The van der Waals surface area contributed by atoms with E-state index in [1.165, 1.54) is 16.7 Å². The van der Waals surface area contributed by atoms with E-state index in [0.29, 0.717) is 19.5 Å². The van der Waals surface area contributed by atoms with Crippen molar-refractivity contribution in [2.45, 2.75) is 32.9 Å². The molecule has 170 valence electrons. The van der Waals surface area contributed by atoms with Crippen LogP contribution in [0.15, 0.2) is 77.9 Å². The minimum Gasteiger partial charge on any atom is -0.497 e. The molecule has 0 saturated heterocycles. The summed E-state index contributed by atoms with van der Waals surface area (Å²) in [4.78, 5) is 15.5. The molecule has 0 bridgehead atoms. The quantitative estimate of drug-likeness (QED) is 0.511. The zero-order valence-electron chi connectivity index (χ0n) is 19.8. The van der Waals surface area contributed by atoms with Crippen LogP contribution in [0.25, 0.3) is 0 Å². The summed E-state index contributed by atoms with van der Waals surface area (Å²) < 4.78 is 5.32. The lowest BCUT2D eigenvalue weighted by atomic mass is 9.95. The van der Waals surface area contributed by atoms with Crippen LogP contribution in [0.3, 0.4) is 0 Å². The normalized spacial score (nSPS) is 15.6. The molecule has 1 amide bonds. The Bertz CT molecular complexity index is 1140. The molecule has 1 heterocycles. The highest BCUT2D eigenvalue weighted by molar-refractivity contribution is 6.04. The van der Waals surface area contributed by atoms with Crippen molar-refractivity contribution in [1.29, 1.82) is 0 Å². The molecule has 5 heteroatoms. The number of methoxy groups -OCH3 is 1. The number of ether oxygens (including phenoxy) is 1. The van der Waals surface area contributed by atoms with Gasteiger partial charge in [0.1, 0.15) is 5.75 Å². The van der Waals surface area contributed by atoms with E-state index in [1.54, 1.807) is 12.1 Å². The molecular formula is C28H31N3O2. The van der Waals surface area contributed by atoms with Gasteiger partial charge < -0.3 is 4.74 Å². The predicted octanol–water partition coefficient (Wildman–Crippen LogP) is 5.12. The minimum atomic E-state index is -0.135. The Labute approximate surface area is 196 Å². The van der Waals surface area contributed by atoms with Gasteiger partial charge in [0.2, 0.25) is 0 Å². The van der Waals surface area contributed by atoms with Crippen LogP contribution in [0.2, 0.25) is 0 Å². The second-order valence-corrected chi connectivity index (χ2v) is 8.75. The summed E-state index contributed by atoms with van der Waals surface area (Å²) in [7, 11) is 3.63. The van der Waals surface area contributed by atoms with Gasteiger partial charge in [-0.05, 0) is 49.7 Å². The lowest BCUT2D eigenvalue weighted by Crippen LogP contribution is -2.36. The molecule has 0 aromatic heterocycles. The molecular weight excluding hydrogens is 410 g/mol. The van der Waals surface area contributed by atoms with Gasteiger partial charge in [-0.1, -0.05) is 66.2 Å². The van der Waals surface area contributed by atoms with Crippen molar-refractivity contribution in [3.8, 4) is 5.75 Å². The number of carbonyl (C=O) groups excluding carboxylic acids is 1. The molecule has 3 aromatic carbocycles. The maximum absolute atomic E-state index is 13.4. The fourth-order valence-electron chi connectivity index (χ4n) is 4.38. The summed E-state index contributed by atoms with van der Waals surface area (Å²) in [5.41, 5.74) is 6.69. The Kier molecular flexibility index (Phi) is 6.90. The molecule has 0 unspecified atom stereocenters. The Morgan fingerprint density at radius 2 is 1.79 bits per heavy atom. The largest absolute Gasteiger partial charge is 0.497 e. The maximum Gasteiger partial charge on any atom is 0.257 e. The fourth-order valence-corrected chi connectivity index (χ4v) is 4.38. The number of nitrogens with zero attached hydrogens (tertiary/aromatic N) is 3. The lowest BCUT2D eigenvalue weighted by Gasteiger charge is -2.25. The summed E-state index contributed by atoms with van der Waals surface area (Å²) in [5, 5.41) is 6.53. The SMILES string of the molecule is COc1ccc([C@H]2CC(c3ccc(C)cc3C)=NN2C(=O)CN(C)Cc2ccccc2)cc1. The highest BCUT2D eigenvalue weighted by atomic mass is 16.5. The summed E-state index contributed by atoms with van der Waals surface area (Å²) in [5.74, 6) is 0.793. The van der Waals surface area contributed by atoms with Gasteiger partial charge in [-0.25, -0.2) is 5.01 Å². The first-order chi connectivity index (χ1) is 15.9. The molecule has 0 aliphatic carbocycles. The zero-order valence-corrected chi connectivity index (χ0v) is 19.8. The fraction of sp³-hybridized carbons (Fsp3) is 0.286. The predicted molar refractivity (Wildman–Crippen MR) is 132 cm³/mol. The molecule has 33 heavy (non-hydrogen) atoms. The molecule has 1 aliphatic heterocycles. The van der Waals surface area contributed by atoms with Crippen LogP contribution < -0.4 is 4.74 Å². The van der Waals surface area contributed by atoms with Crippen molar-refractivity contribution in [3.05, 3.63) is 101 Å². The van der Waals surface area contributed by atoms with Crippen LogP contribution in [-0.4, -0.2) is 42.2 Å². The lowest BCUT2D eigenvalue weighted by molar-refractivity contribution is -0.134. The third kappa shape index (κ3) is 5.32. The molecule has 0 saturated carbocycles. The van der Waals surface area contributed by atoms with Crippen molar-refractivity contribution in [3.63, 3.8) is 0 Å². The first-order valence-corrected chi connectivity index (χ1v) is 11.3. The molecule has 1 atom stereocenters. The topological polar surface area (TPSA) is 45.1 Å². The van der Waals surface area contributed by atoms with E-state index in [9.17, 15) is 4.79 Å². The summed E-state index contributed by atoms with van der Waals surface area (Å²) in [6, 6.07) is 24.4. The first-order valence-electron chi connectivity index (χ1n) is 11.3. The number of amides is 1. The van der Waals surface area contributed by atoms with Crippen LogP contribution in [-0.2, 0) is 11.3 Å². The monoisotopic (exact) mass is 441 g/mol. The Balaban J connectivity index is 1.59. The average molecular weight is 442 g/mol. The molecule has 4 rings (SSSR count). The van der Waals surface area contributed by atoms with Crippen LogP contribution in [0, 0.1) is 13.8 Å². The van der Waals surface area contributed by atoms with Gasteiger partial charge in [0.15, 0.2) is 0 Å². The highest BCUT2D eigenvalue weighted by Gasteiger charge is 2.33. The van der Waals surface area contributed by atoms with Crippen LogP contribution in [0.4, 0.5) is 0 Å². The van der Waals surface area contributed by atoms with Crippen LogP contribution in [0.5, 0.6) is 5.75 Å². The van der Waals surface area contributed by atoms with E-state index in [2.05, 4.69) is 44.2 Å². The summed E-state index contributed by atoms with van der Waals surface area (Å²) in [6.07, 6.45) is 0.685. The number of hydrazone groups is 1. The van der Waals surface area contributed by atoms with Crippen molar-refractivity contribution in [2.24, 2.45) is 5.10 Å². The smallest absolute Gasteiger partial charge is 0.257 e. The van der Waals surface area contributed by atoms with Gasteiger partial charge >= 0.3 is 0 Å². The number of hydrogen-bond acceptors (Lipinski definition) is 4. The molecule has 0 N–H and O–H groups in total. The molecule has 1 aliphatic rings. The second kappa shape index (κ2) is 10.0. The summed E-state index contributed by atoms with van der Waals surface area (Å²) >= 11 is 0. The molecule has 0 spiro atoms. The van der Waals surface area contributed by atoms with Crippen molar-refractivity contribution >= 4 is 11.6 Å². The van der Waals surface area contributed by atoms with E-state index >= 15 is 0 Å². The number of likely N-dealkylation sites (N-methyl/N-ethyl adjacent to an activating group) is 1. The minimum absolute atomic E-state index is 0.00554. The van der Waals surface area contributed by atoms with Gasteiger partial charge in [-0.15, -0.1) is 0 Å². The third-order valence-electron chi connectivity index (χ3n) is 6.06. The number of carbonyl (C=O) groups is 1. The van der Waals surface area contributed by atoms with E-state index in [4.69, 9.17) is 9.84 Å². The highest BCUT2D eigenvalue weighted by Crippen LogP contribution is 2.34. The van der Waals surface area contributed by atoms with Gasteiger partial charge in [-0.2, -0.15) is 5.10 Å². The first kappa shape index (κ1) is 22.7. The van der Waals surface area contributed by atoms with Crippen molar-refractivity contribution in [2.75, 3.05) is 20.7 Å². The summed E-state index contributed by atoms with van der Waals surface area (Å²) in [6.45, 7) is 5.20. The molecule has 0 fully saturated rings. The molecule has 3 aromatic rings. The van der Waals surface area contributed by atoms with E-state index in [1.807, 2.05) is 54.4 Å². The van der Waals surface area contributed by atoms with Gasteiger partial charge in [-0.3, -0.25) is 9.69 Å². The Morgan fingerprint density at radius 3 is 2.45 bits per heavy atom. The Hall–Kier alpha value is -3.44. The van der Waals surface area contributed by atoms with Crippen molar-refractivity contribution in [1.82, 2.24) is 9.91 Å². The third-order valence-corrected chi connectivity index (χ3v) is 6.06.